The molecule has 46 valence electrons. The van der Waals surface area contributed by atoms with E-state index in [1.165, 1.54) is 0 Å². The highest BCUT2D eigenvalue weighted by Gasteiger charge is 2.08. The first-order chi connectivity index (χ1) is 5.95. The van der Waals surface area contributed by atoms with Crippen LogP contribution < -0.4 is 5.46 Å². The number of aromatic nitrogens is 1. The molecule has 2 N–H and O–H groups in total. The standard InChI is InChI=1S/C5H6BNO2/c8-6(9)5-2-1-3-7-4-5/h1-4,8-9H/i1D,2D,3D,4D. The maximum Gasteiger partial charge on any atom is 0.490 e. The van der Waals surface area contributed by atoms with Crippen LogP contribution in [0.15, 0.2) is 24.4 Å². The largest absolute Gasteiger partial charge is 0.490 e. The number of nitrogens with zero attached hydrogens (tertiary/aromatic N) is 1. The third-order valence-corrected chi connectivity index (χ3v) is 0.744. The van der Waals surface area contributed by atoms with Gasteiger partial charge in [0.05, 0.1) is 5.48 Å². The molecule has 0 fully saturated rings. The van der Waals surface area contributed by atoms with E-state index in [1.807, 2.05) is 0 Å². The highest BCUT2D eigenvalue weighted by atomic mass is 16.4. The Morgan fingerprint density at radius 3 is 3.11 bits per heavy atom. The van der Waals surface area contributed by atoms with Gasteiger partial charge in [0.2, 0.25) is 0 Å². The van der Waals surface area contributed by atoms with Gasteiger partial charge < -0.3 is 10.0 Å². The lowest BCUT2D eigenvalue weighted by Gasteiger charge is -1.93. The minimum Gasteiger partial charge on any atom is -0.423 e. The molecule has 0 saturated heterocycles. The Labute approximate surface area is 58.8 Å². The summed E-state index contributed by atoms with van der Waals surface area (Å²) in [6.45, 7) is 0. The average molecular weight is 127 g/mol. The van der Waals surface area contributed by atoms with E-state index < -0.39 is 37.0 Å². The van der Waals surface area contributed by atoms with Crippen molar-refractivity contribution < 1.29 is 15.5 Å². The van der Waals surface area contributed by atoms with Gasteiger partial charge in [0.25, 0.3) is 0 Å². The first-order valence-electron chi connectivity index (χ1n) is 4.25. The van der Waals surface area contributed by atoms with Crippen molar-refractivity contribution in [2.45, 2.75) is 0 Å². The normalized spacial score (nSPS) is 15.3. The molecule has 1 aromatic heterocycles. The quantitative estimate of drug-likeness (QED) is 0.464. The molecule has 0 unspecified atom stereocenters. The summed E-state index contributed by atoms with van der Waals surface area (Å²) in [6.07, 6.45) is -1.07. The van der Waals surface area contributed by atoms with Crippen LogP contribution in [-0.2, 0) is 0 Å². The first kappa shape index (κ1) is 2.81. The van der Waals surface area contributed by atoms with Crippen LogP contribution in [0.25, 0.3) is 0 Å². The molecule has 0 aliphatic heterocycles. The third kappa shape index (κ3) is 1.52. The highest BCUT2D eigenvalue weighted by Crippen LogP contribution is 1.77. The monoisotopic (exact) mass is 127 g/mol. The summed E-state index contributed by atoms with van der Waals surface area (Å²) < 4.78 is 28.5. The predicted octanol–water partition coefficient (Wildman–Crippen LogP) is -1.24. The maximum absolute atomic E-state index is 8.73. The number of pyridine rings is 1. The van der Waals surface area contributed by atoms with Crippen LogP contribution in [0.5, 0.6) is 0 Å². The molecule has 0 spiro atoms. The molecule has 0 amide bonds. The summed E-state index contributed by atoms with van der Waals surface area (Å²) in [6, 6.07) is -1.06. The van der Waals surface area contributed by atoms with Crippen LogP contribution in [0.2, 0.25) is 0 Å². The van der Waals surface area contributed by atoms with Crippen molar-refractivity contribution in [2.75, 3.05) is 0 Å². The highest BCUT2D eigenvalue weighted by molar-refractivity contribution is 6.58. The predicted molar refractivity (Wildman–Crippen MR) is 34.1 cm³/mol. The van der Waals surface area contributed by atoms with Gasteiger partial charge in [0, 0.05) is 17.8 Å². The molecule has 3 nitrogen and oxygen atoms in total. The second-order valence-corrected chi connectivity index (χ2v) is 1.37. The Morgan fingerprint density at radius 2 is 2.44 bits per heavy atom. The van der Waals surface area contributed by atoms with Crippen LogP contribution >= 0.6 is 0 Å². The fraction of sp³-hybridized carbons (Fsp3) is 0. The molecular formula is C5H6BNO2. The van der Waals surface area contributed by atoms with Crippen molar-refractivity contribution in [3.63, 3.8) is 0 Å². The van der Waals surface area contributed by atoms with Crippen molar-refractivity contribution in [2.24, 2.45) is 0 Å². The van der Waals surface area contributed by atoms with Gasteiger partial charge in [-0.25, -0.2) is 0 Å². The lowest BCUT2D eigenvalue weighted by Crippen LogP contribution is -2.29. The molecule has 0 aliphatic carbocycles. The second-order valence-electron chi connectivity index (χ2n) is 1.37. The number of rotatable bonds is 1. The van der Waals surface area contributed by atoms with E-state index in [0.29, 0.717) is 0 Å². The van der Waals surface area contributed by atoms with Crippen molar-refractivity contribution in [1.29, 1.82) is 0 Å². The molecule has 1 heterocycles. The third-order valence-electron chi connectivity index (χ3n) is 0.744. The molecule has 4 heteroatoms. The number of hydrogen-bond donors (Lipinski definition) is 2. The topological polar surface area (TPSA) is 53.4 Å². The smallest absolute Gasteiger partial charge is 0.423 e. The Kier molecular flexibility index (Phi) is 0.817. The van der Waals surface area contributed by atoms with Crippen LogP contribution in [-0.4, -0.2) is 22.2 Å². The van der Waals surface area contributed by atoms with Crippen molar-refractivity contribution in [3.05, 3.63) is 24.4 Å². The minimum atomic E-state index is -2.00. The molecule has 9 heavy (non-hydrogen) atoms. The molecule has 1 rings (SSSR count). The van der Waals surface area contributed by atoms with Gasteiger partial charge in [0.1, 0.15) is 0 Å². The molecule has 0 aromatic carbocycles. The second kappa shape index (κ2) is 2.61. The summed E-state index contributed by atoms with van der Waals surface area (Å²) in [5.41, 5.74) is -0.444. The summed E-state index contributed by atoms with van der Waals surface area (Å²) in [4.78, 5) is 3.26. The van der Waals surface area contributed by atoms with Gasteiger partial charge in [-0.1, -0.05) is 6.04 Å². The lowest BCUT2D eigenvalue weighted by atomic mass is 9.82. The van der Waals surface area contributed by atoms with Crippen LogP contribution in [0.4, 0.5) is 0 Å². The Morgan fingerprint density at radius 1 is 1.67 bits per heavy atom. The van der Waals surface area contributed by atoms with Crippen LogP contribution in [0, 0.1) is 0 Å². The molecule has 0 bridgehead atoms. The van der Waals surface area contributed by atoms with E-state index >= 15 is 0 Å². The molecule has 0 radical (unpaired) electrons. The number of hydrogen-bond acceptors (Lipinski definition) is 3. The van der Waals surface area contributed by atoms with Crippen molar-refractivity contribution in [3.8, 4) is 0 Å². The van der Waals surface area contributed by atoms with E-state index in [-0.39, 0.29) is 0 Å². The van der Waals surface area contributed by atoms with Gasteiger partial charge in [-0.05, 0) is 6.04 Å². The molecule has 0 saturated carbocycles. The van der Waals surface area contributed by atoms with Crippen LogP contribution in [0.3, 0.4) is 0 Å². The Balaban J connectivity index is 3.44. The van der Waals surface area contributed by atoms with Crippen LogP contribution in [0.1, 0.15) is 5.48 Å². The van der Waals surface area contributed by atoms with E-state index in [0.717, 1.165) is 0 Å². The molecule has 0 atom stereocenters. The Bertz CT molecular complexity index is 346. The fourth-order valence-corrected chi connectivity index (χ4v) is 0.362. The van der Waals surface area contributed by atoms with Gasteiger partial charge in [-0.3, -0.25) is 4.98 Å². The molecular weight excluding hydrogens is 117 g/mol. The average Bonchev–Trinajstić information content (AvgIpc) is 1.99. The zero-order valence-electron chi connectivity index (χ0n) is 8.42. The summed E-state index contributed by atoms with van der Waals surface area (Å²) >= 11 is 0. The van der Waals surface area contributed by atoms with Crippen molar-refractivity contribution >= 4 is 12.6 Å². The lowest BCUT2D eigenvalue weighted by molar-refractivity contribution is 0.425. The van der Waals surface area contributed by atoms with Gasteiger partial charge in [-0.2, -0.15) is 0 Å². The minimum absolute atomic E-state index is 0.444. The zero-order chi connectivity index (χ0) is 10.2. The SMILES string of the molecule is [2H]c1nc([2H])c(B(O)O)c([2H])c1[2H]. The fourth-order valence-electron chi connectivity index (χ4n) is 0.362. The molecule has 0 aliphatic rings. The molecule has 1 aromatic rings. The first-order valence-corrected chi connectivity index (χ1v) is 2.25. The van der Waals surface area contributed by atoms with E-state index in [1.54, 1.807) is 0 Å². The summed E-state index contributed by atoms with van der Waals surface area (Å²) in [7, 11) is -2.00. The zero-order valence-corrected chi connectivity index (χ0v) is 4.42. The van der Waals surface area contributed by atoms with Gasteiger partial charge in [0.15, 0.2) is 0 Å². The summed E-state index contributed by atoms with van der Waals surface area (Å²) in [5.74, 6) is 0. The Hall–Kier alpha value is -0.865. The summed E-state index contributed by atoms with van der Waals surface area (Å²) in [5, 5.41) is 17.5. The van der Waals surface area contributed by atoms with Gasteiger partial charge in [-0.15, -0.1) is 0 Å². The van der Waals surface area contributed by atoms with E-state index in [9.17, 15) is 0 Å². The van der Waals surface area contributed by atoms with E-state index in [4.69, 9.17) is 15.5 Å². The van der Waals surface area contributed by atoms with E-state index in [2.05, 4.69) is 4.98 Å². The van der Waals surface area contributed by atoms with Crippen molar-refractivity contribution in [1.82, 2.24) is 4.98 Å². The van der Waals surface area contributed by atoms with Gasteiger partial charge >= 0.3 is 7.12 Å². The maximum atomic E-state index is 8.73.